The predicted molar refractivity (Wildman–Crippen MR) is 65.0 cm³/mol. The molecule has 0 spiro atoms. The Hall–Kier alpha value is -0.890. The minimum absolute atomic E-state index is 1.05. The normalized spacial score (nSPS) is 15.2. The van der Waals surface area contributed by atoms with Gasteiger partial charge in [0.1, 0.15) is 0 Å². The molecule has 2 heteroatoms. The molecule has 0 saturated heterocycles. The Labute approximate surface area is 93.3 Å². The largest absolute Gasteiger partial charge is 0.302 e. The molecule has 0 aliphatic carbocycles. The zero-order valence-corrected chi connectivity index (χ0v) is 10.4. The van der Waals surface area contributed by atoms with Gasteiger partial charge in [0.25, 0.3) is 0 Å². The fourth-order valence-electron chi connectivity index (χ4n) is 1.97. The van der Waals surface area contributed by atoms with E-state index in [4.69, 9.17) is 0 Å². The lowest BCUT2D eigenvalue weighted by Gasteiger charge is -2.26. The van der Waals surface area contributed by atoms with E-state index in [0.29, 0.717) is 0 Å². The van der Waals surface area contributed by atoms with Crippen molar-refractivity contribution >= 4 is 0 Å². The van der Waals surface area contributed by atoms with Crippen LogP contribution in [-0.2, 0) is 19.4 Å². The van der Waals surface area contributed by atoms with E-state index in [-0.39, 0.29) is 0 Å². The molecule has 0 bridgehead atoms. The highest BCUT2D eigenvalue weighted by Crippen LogP contribution is 2.20. The Kier molecular flexibility index (Phi) is 4.76. The highest BCUT2D eigenvalue weighted by Gasteiger charge is 2.15. The summed E-state index contributed by atoms with van der Waals surface area (Å²) in [4.78, 5) is 6.78. The molecule has 0 radical (unpaired) electrons. The number of hydrogen-bond donors (Lipinski definition) is 0. The van der Waals surface area contributed by atoms with E-state index in [1.807, 2.05) is 20.0 Å². The SMILES string of the molecule is CC.CCc1nccc2c1CN(C)CC2. The predicted octanol–water partition coefficient (Wildman–Crippen LogP) is 2.66. The highest BCUT2D eigenvalue weighted by atomic mass is 15.1. The summed E-state index contributed by atoms with van der Waals surface area (Å²) in [5, 5.41) is 0. The fraction of sp³-hybridized carbons (Fsp3) is 0.615. The Morgan fingerprint density at radius 2 is 2.13 bits per heavy atom. The van der Waals surface area contributed by atoms with Crippen molar-refractivity contribution in [2.24, 2.45) is 0 Å². The maximum absolute atomic E-state index is 4.42. The van der Waals surface area contributed by atoms with Gasteiger partial charge < -0.3 is 4.90 Å². The van der Waals surface area contributed by atoms with Crippen LogP contribution >= 0.6 is 0 Å². The molecular weight excluding hydrogens is 184 g/mol. The first-order valence-electron chi connectivity index (χ1n) is 5.95. The molecule has 1 aromatic rings. The topological polar surface area (TPSA) is 16.1 Å². The Morgan fingerprint density at radius 1 is 1.40 bits per heavy atom. The lowest BCUT2D eigenvalue weighted by atomic mass is 9.98. The lowest BCUT2D eigenvalue weighted by Crippen LogP contribution is -2.27. The molecule has 1 aromatic heterocycles. The summed E-state index contributed by atoms with van der Waals surface area (Å²) in [6, 6.07) is 2.17. The van der Waals surface area contributed by atoms with E-state index in [2.05, 4.69) is 29.9 Å². The third-order valence-corrected chi connectivity index (χ3v) is 2.77. The molecule has 0 aromatic carbocycles. The van der Waals surface area contributed by atoms with Gasteiger partial charge in [-0.25, -0.2) is 0 Å². The van der Waals surface area contributed by atoms with Gasteiger partial charge in [-0.1, -0.05) is 20.8 Å². The van der Waals surface area contributed by atoms with Gasteiger partial charge in [0, 0.05) is 25.0 Å². The molecule has 2 rings (SSSR count). The number of aromatic nitrogens is 1. The van der Waals surface area contributed by atoms with Gasteiger partial charge in [-0.2, -0.15) is 0 Å². The second-order valence-electron chi connectivity index (χ2n) is 3.74. The molecule has 0 unspecified atom stereocenters. The molecule has 0 fully saturated rings. The van der Waals surface area contributed by atoms with E-state index in [0.717, 1.165) is 13.0 Å². The highest BCUT2D eigenvalue weighted by molar-refractivity contribution is 5.32. The van der Waals surface area contributed by atoms with E-state index >= 15 is 0 Å². The van der Waals surface area contributed by atoms with Crippen molar-refractivity contribution in [3.8, 4) is 0 Å². The first-order chi connectivity index (χ1) is 7.31. The number of aryl methyl sites for hydroxylation is 1. The van der Waals surface area contributed by atoms with Crippen LogP contribution in [-0.4, -0.2) is 23.5 Å². The van der Waals surface area contributed by atoms with Crippen LogP contribution in [0, 0.1) is 0 Å². The van der Waals surface area contributed by atoms with E-state index in [1.165, 1.54) is 29.8 Å². The van der Waals surface area contributed by atoms with Crippen molar-refractivity contribution in [2.45, 2.75) is 40.2 Å². The van der Waals surface area contributed by atoms with Gasteiger partial charge in [-0.05, 0) is 37.1 Å². The van der Waals surface area contributed by atoms with Gasteiger partial charge in [0.05, 0.1) is 0 Å². The van der Waals surface area contributed by atoms with Crippen LogP contribution in [0.3, 0.4) is 0 Å². The average molecular weight is 206 g/mol. The van der Waals surface area contributed by atoms with Crippen molar-refractivity contribution in [3.05, 3.63) is 29.1 Å². The summed E-state index contributed by atoms with van der Waals surface area (Å²) in [7, 11) is 2.18. The first-order valence-corrected chi connectivity index (χ1v) is 5.95. The zero-order chi connectivity index (χ0) is 11.3. The van der Waals surface area contributed by atoms with Crippen molar-refractivity contribution in [1.82, 2.24) is 9.88 Å². The van der Waals surface area contributed by atoms with Crippen LogP contribution in [0.5, 0.6) is 0 Å². The summed E-state index contributed by atoms with van der Waals surface area (Å²) in [6.45, 7) is 8.43. The summed E-state index contributed by atoms with van der Waals surface area (Å²) in [5.41, 5.74) is 4.26. The maximum Gasteiger partial charge on any atom is 0.0448 e. The molecule has 84 valence electrons. The van der Waals surface area contributed by atoms with Gasteiger partial charge in [-0.15, -0.1) is 0 Å². The minimum Gasteiger partial charge on any atom is -0.302 e. The monoisotopic (exact) mass is 206 g/mol. The molecule has 2 nitrogen and oxygen atoms in total. The molecular formula is C13H22N2. The quantitative estimate of drug-likeness (QED) is 0.702. The van der Waals surface area contributed by atoms with E-state index in [1.54, 1.807) is 0 Å². The molecule has 2 heterocycles. The molecule has 0 atom stereocenters. The van der Waals surface area contributed by atoms with Crippen molar-refractivity contribution in [3.63, 3.8) is 0 Å². The Balaban J connectivity index is 0.000000531. The number of pyridine rings is 1. The van der Waals surface area contributed by atoms with Crippen molar-refractivity contribution in [2.75, 3.05) is 13.6 Å². The van der Waals surface area contributed by atoms with Crippen LogP contribution in [0.25, 0.3) is 0 Å². The molecule has 1 aliphatic heterocycles. The van der Waals surface area contributed by atoms with Crippen LogP contribution in [0.15, 0.2) is 12.3 Å². The van der Waals surface area contributed by atoms with Gasteiger partial charge >= 0.3 is 0 Å². The molecule has 15 heavy (non-hydrogen) atoms. The van der Waals surface area contributed by atoms with Gasteiger partial charge in [0.2, 0.25) is 0 Å². The van der Waals surface area contributed by atoms with Crippen LogP contribution in [0.2, 0.25) is 0 Å². The lowest BCUT2D eigenvalue weighted by molar-refractivity contribution is 0.311. The first kappa shape index (κ1) is 12.2. The minimum atomic E-state index is 1.05. The number of likely N-dealkylation sites (N-methyl/N-ethyl adjacent to an activating group) is 1. The Morgan fingerprint density at radius 3 is 2.80 bits per heavy atom. The second-order valence-corrected chi connectivity index (χ2v) is 3.74. The summed E-state index contributed by atoms with van der Waals surface area (Å²) < 4.78 is 0. The molecule has 0 amide bonds. The maximum atomic E-state index is 4.42. The standard InChI is InChI=1S/C11H16N2.C2H6/c1-3-11-10-8-13(2)7-5-9(10)4-6-12-11;1-2/h4,6H,3,5,7-8H2,1-2H3;1-2H3. The third-order valence-electron chi connectivity index (χ3n) is 2.77. The molecule has 0 saturated carbocycles. The summed E-state index contributed by atoms with van der Waals surface area (Å²) in [6.07, 6.45) is 4.18. The summed E-state index contributed by atoms with van der Waals surface area (Å²) >= 11 is 0. The number of fused-ring (bicyclic) bond motifs is 1. The average Bonchev–Trinajstić information content (AvgIpc) is 2.31. The number of hydrogen-bond acceptors (Lipinski definition) is 2. The van der Waals surface area contributed by atoms with E-state index < -0.39 is 0 Å². The smallest absolute Gasteiger partial charge is 0.0448 e. The van der Waals surface area contributed by atoms with Gasteiger partial charge in [-0.3, -0.25) is 4.98 Å². The molecule has 0 N–H and O–H groups in total. The third kappa shape index (κ3) is 2.78. The van der Waals surface area contributed by atoms with Crippen LogP contribution < -0.4 is 0 Å². The number of rotatable bonds is 1. The van der Waals surface area contributed by atoms with Crippen LogP contribution in [0.4, 0.5) is 0 Å². The van der Waals surface area contributed by atoms with Crippen molar-refractivity contribution in [1.29, 1.82) is 0 Å². The molecule has 1 aliphatic rings. The Bertz CT molecular complexity index is 293. The fourth-order valence-corrected chi connectivity index (χ4v) is 1.97. The van der Waals surface area contributed by atoms with E-state index in [9.17, 15) is 0 Å². The summed E-state index contributed by atoms with van der Waals surface area (Å²) in [5.74, 6) is 0. The van der Waals surface area contributed by atoms with Crippen molar-refractivity contribution < 1.29 is 0 Å². The van der Waals surface area contributed by atoms with Crippen LogP contribution in [0.1, 0.15) is 37.6 Å². The number of nitrogens with zero attached hydrogens (tertiary/aromatic N) is 2. The van der Waals surface area contributed by atoms with Gasteiger partial charge in [0.15, 0.2) is 0 Å². The zero-order valence-electron chi connectivity index (χ0n) is 10.4. The second kappa shape index (κ2) is 5.86.